The van der Waals surface area contributed by atoms with Crippen LogP contribution >= 0.6 is 0 Å². The fraction of sp³-hybridized carbons (Fsp3) is 0.909. The highest BCUT2D eigenvalue weighted by molar-refractivity contribution is 5.29. The van der Waals surface area contributed by atoms with Gasteiger partial charge in [0, 0.05) is 0 Å². The van der Waals surface area contributed by atoms with Gasteiger partial charge in [0.2, 0.25) is 0 Å². The number of rotatable bonds is 1. The lowest BCUT2D eigenvalue weighted by Gasteiger charge is -2.29. The fourth-order valence-electron chi connectivity index (χ4n) is 3.80. The molecule has 0 spiro atoms. The third-order valence-corrected chi connectivity index (χ3v) is 4.23. The quantitative estimate of drug-likeness (QED) is 0.664. The van der Waals surface area contributed by atoms with E-state index in [2.05, 4.69) is 32.2 Å². The molecular formula is C11H18N2. The van der Waals surface area contributed by atoms with Crippen molar-refractivity contribution in [2.45, 2.75) is 32.7 Å². The molecule has 2 nitrogen and oxygen atoms in total. The summed E-state index contributed by atoms with van der Waals surface area (Å²) < 4.78 is 0. The van der Waals surface area contributed by atoms with E-state index in [1.165, 1.54) is 0 Å². The first-order valence-corrected chi connectivity index (χ1v) is 5.09. The lowest BCUT2D eigenvalue weighted by atomic mass is 9.80. The van der Waals surface area contributed by atoms with Gasteiger partial charge in [0.15, 0.2) is 0 Å². The summed E-state index contributed by atoms with van der Waals surface area (Å²) in [6, 6.07) is 2.49. The van der Waals surface area contributed by atoms with Crippen molar-refractivity contribution in [2.24, 2.45) is 23.2 Å². The summed E-state index contributed by atoms with van der Waals surface area (Å²) in [5, 5.41) is 12.5. The Hall–Kier alpha value is -0.550. The van der Waals surface area contributed by atoms with Crippen LogP contribution in [-0.4, -0.2) is 12.6 Å². The standard InChI is InChI=1S/C11H18N2/c1-7-8-9(7)11(6-12,13-4)5-10(8,2)3/h7-9,13H,5H2,1-4H3/t7-,8?,9?,11?/m0/s1. The van der Waals surface area contributed by atoms with Crippen molar-refractivity contribution in [3.05, 3.63) is 0 Å². The van der Waals surface area contributed by atoms with Crippen LogP contribution < -0.4 is 5.32 Å². The summed E-state index contributed by atoms with van der Waals surface area (Å²) in [6.07, 6.45) is 1.01. The Morgan fingerprint density at radius 3 is 2.23 bits per heavy atom. The fourth-order valence-corrected chi connectivity index (χ4v) is 3.80. The molecule has 4 atom stereocenters. The summed E-state index contributed by atoms with van der Waals surface area (Å²) in [4.78, 5) is 0. The average Bonchev–Trinajstić information content (AvgIpc) is 2.66. The van der Waals surface area contributed by atoms with E-state index < -0.39 is 0 Å². The van der Waals surface area contributed by atoms with Crippen LogP contribution in [0.4, 0.5) is 0 Å². The zero-order chi connectivity index (χ0) is 9.85. The highest BCUT2D eigenvalue weighted by Crippen LogP contribution is 2.69. The number of fused-ring (bicyclic) bond motifs is 1. The molecule has 0 aliphatic heterocycles. The maximum Gasteiger partial charge on any atom is 0.110 e. The average molecular weight is 178 g/mol. The van der Waals surface area contributed by atoms with Crippen molar-refractivity contribution in [1.29, 1.82) is 5.26 Å². The summed E-state index contributed by atoms with van der Waals surface area (Å²) >= 11 is 0. The van der Waals surface area contributed by atoms with Crippen LogP contribution in [0.25, 0.3) is 0 Å². The molecule has 0 radical (unpaired) electrons. The lowest BCUT2D eigenvalue weighted by molar-refractivity contribution is 0.255. The summed E-state index contributed by atoms with van der Waals surface area (Å²) in [6.45, 7) is 6.87. The number of nitriles is 1. The van der Waals surface area contributed by atoms with Crippen LogP contribution in [-0.2, 0) is 0 Å². The maximum atomic E-state index is 9.25. The Bertz CT molecular complexity index is 276. The molecule has 2 heteroatoms. The molecule has 2 aliphatic rings. The molecule has 0 aromatic heterocycles. The van der Waals surface area contributed by atoms with Gasteiger partial charge >= 0.3 is 0 Å². The molecule has 0 bridgehead atoms. The Morgan fingerprint density at radius 1 is 1.38 bits per heavy atom. The number of nitrogens with zero attached hydrogens (tertiary/aromatic N) is 1. The van der Waals surface area contributed by atoms with Gasteiger partial charge in [0.05, 0.1) is 6.07 Å². The highest BCUT2D eigenvalue weighted by atomic mass is 15.0. The van der Waals surface area contributed by atoms with Crippen molar-refractivity contribution in [1.82, 2.24) is 5.32 Å². The molecule has 2 rings (SSSR count). The molecule has 2 aliphatic carbocycles. The molecule has 0 aromatic rings. The molecule has 0 amide bonds. The van der Waals surface area contributed by atoms with E-state index in [1.54, 1.807) is 0 Å². The molecule has 2 fully saturated rings. The van der Waals surface area contributed by atoms with Gasteiger partial charge in [-0.3, -0.25) is 0 Å². The van der Waals surface area contributed by atoms with Gasteiger partial charge in [-0.15, -0.1) is 0 Å². The van der Waals surface area contributed by atoms with Crippen LogP contribution in [0.5, 0.6) is 0 Å². The first kappa shape index (κ1) is 9.02. The van der Waals surface area contributed by atoms with E-state index in [0.717, 1.165) is 18.3 Å². The van der Waals surface area contributed by atoms with Crippen LogP contribution in [0.1, 0.15) is 27.2 Å². The zero-order valence-electron chi connectivity index (χ0n) is 8.89. The second-order valence-electron chi connectivity index (χ2n) is 5.41. The van der Waals surface area contributed by atoms with E-state index in [1.807, 2.05) is 7.05 Å². The van der Waals surface area contributed by atoms with Gasteiger partial charge in [-0.2, -0.15) is 5.26 Å². The van der Waals surface area contributed by atoms with E-state index in [4.69, 9.17) is 0 Å². The Kier molecular flexibility index (Phi) is 1.58. The lowest BCUT2D eigenvalue weighted by Crippen LogP contribution is -2.44. The van der Waals surface area contributed by atoms with Gasteiger partial charge in [0.25, 0.3) is 0 Å². The van der Waals surface area contributed by atoms with E-state index in [9.17, 15) is 5.26 Å². The molecule has 0 heterocycles. The molecular weight excluding hydrogens is 160 g/mol. The monoisotopic (exact) mass is 178 g/mol. The van der Waals surface area contributed by atoms with Crippen molar-refractivity contribution in [3.63, 3.8) is 0 Å². The maximum absolute atomic E-state index is 9.25. The number of hydrogen-bond donors (Lipinski definition) is 1. The van der Waals surface area contributed by atoms with Crippen LogP contribution in [0.2, 0.25) is 0 Å². The minimum atomic E-state index is -0.229. The largest absolute Gasteiger partial charge is 0.302 e. The van der Waals surface area contributed by atoms with Gasteiger partial charge in [-0.1, -0.05) is 20.8 Å². The van der Waals surface area contributed by atoms with Gasteiger partial charge in [0.1, 0.15) is 5.54 Å². The van der Waals surface area contributed by atoms with Gasteiger partial charge < -0.3 is 5.32 Å². The molecule has 2 saturated carbocycles. The Morgan fingerprint density at radius 2 is 2.00 bits per heavy atom. The topological polar surface area (TPSA) is 35.8 Å². The minimum Gasteiger partial charge on any atom is -0.302 e. The van der Waals surface area contributed by atoms with Crippen LogP contribution in [0, 0.1) is 34.5 Å². The Labute approximate surface area is 80.3 Å². The van der Waals surface area contributed by atoms with E-state index >= 15 is 0 Å². The minimum absolute atomic E-state index is 0.229. The summed E-state index contributed by atoms with van der Waals surface area (Å²) in [5.74, 6) is 2.09. The molecule has 0 saturated heterocycles. The Balaban J connectivity index is 2.33. The smallest absolute Gasteiger partial charge is 0.110 e. The SMILES string of the molecule is CNC1(C#N)CC(C)(C)C2C1[C@H]2C. The first-order valence-electron chi connectivity index (χ1n) is 5.09. The van der Waals surface area contributed by atoms with Crippen molar-refractivity contribution in [3.8, 4) is 6.07 Å². The third-order valence-electron chi connectivity index (χ3n) is 4.23. The molecule has 72 valence electrons. The predicted molar refractivity (Wildman–Crippen MR) is 51.9 cm³/mol. The molecule has 0 aromatic carbocycles. The van der Waals surface area contributed by atoms with Crippen LogP contribution in [0.15, 0.2) is 0 Å². The number of hydrogen-bond acceptors (Lipinski definition) is 2. The van der Waals surface area contributed by atoms with Crippen molar-refractivity contribution < 1.29 is 0 Å². The third kappa shape index (κ3) is 0.914. The molecule has 3 unspecified atom stereocenters. The van der Waals surface area contributed by atoms with Crippen molar-refractivity contribution in [2.75, 3.05) is 7.05 Å². The van der Waals surface area contributed by atoms with Crippen molar-refractivity contribution >= 4 is 0 Å². The summed E-state index contributed by atoms with van der Waals surface area (Å²) in [5.41, 5.74) is 0.121. The van der Waals surface area contributed by atoms with E-state index in [-0.39, 0.29) is 5.54 Å². The second kappa shape index (κ2) is 2.27. The van der Waals surface area contributed by atoms with E-state index in [0.29, 0.717) is 11.3 Å². The normalized spacial score (nSPS) is 51.2. The van der Waals surface area contributed by atoms with Gasteiger partial charge in [-0.05, 0) is 36.6 Å². The van der Waals surface area contributed by atoms with Gasteiger partial charge in [-0.25, -0.2) is 0 Å². The predicted octanol–water partition coefficient (Wildman–Crippen LogP) is 1.78. The molecule has 1 N–H and O–H groups in total. The highest BCUT2D eigenvalue weighted by Gasteiger charge is 2.70. The summed E-state index contributed by atoms with van der Waals surface area (Å²) in [7, 11) is 1.92. The molecule has 13 heavy (non-hydrogen) atoms. The van der Waals surface area contributed by atoms with Crippen LogP contribution in [0.3, 0.4) is 0 Å². The second-order valence-corrected chi connectivity index (χ2v) is 5.41. The zero-order valence-corrected chi connectivity index (χ0v) is 8.89. The first-order chi connectivity index (χ1) is 5.98. The number of nitrogens with one attached hydrogen (secondary N) is 1.